The lowest BCUT2D eigenvalue weighted by molar-refractivity contribution is -0.124. The van der Waals surface area contributed by atoms with E-state index in [1.165, 1.54) is 12.1 Å². The van der Waals surface area contributed by atoms with Crippen molar-refractivity contribution < 1.29 is 18.7 Å². The number of Topliss-reactive ketones (excluding diaryl/α,β-unsaturated/α-hetero) is 1. The van der Waals surface area contributed by atoms with E-state index in [-0.39, 0.29) is 35.3 Å². The molecule has 2 saturated carbocycles. The van der Waals surface area contributed by atoms with Gasteiger partial charge in [0.05, 0.1) is 12.0 Å². The first-order chi connectivity index (χ1) is 13.1. The van der Waals surface area contributed by atoms with Gasteiger partial charge < -0.3 is 10.1 Å². The molecule has 4 atom stereocenters. The van der Waals surface area contributed by atoms with Gasteiger partial charge in [-0.15, -0.1) is 0 Å². The molecule has 3 aliphatic rings. The number of hydrogen-bond donors (Lipinski definition) is 1. The molecule has 2 aromatic carbocycles. The summed E-state index contributed by atoms with van der Waals surface area (Å²) in [6, 6.07) is 13.6. The van der Waals surface area contributed by atoms with Crippen LogP contribution in [-0.4, -0.2) is 17.3 Å². The summed E-state index contributed by atoms with van der Waals surface area (Å²) in [5.74, 6) is 0.645. The van der Waals surface area contributed by atoms with E-state index in [0.717, 1.165) is 18.4 Å². The van der Waals surface area contributed by atoms with Crippen LogP contribution < -0.4 is 10.1 Å². The Bertz CT molecular complexity index is 943. The molecule has 0 aromatic heterocycles. The van der Waals surface area contributed by atoms with Crippen LogP contribution in [0.4, 0.5) is 4.39 Å². The lowest BCUT2D eigenvalue weighted by Crippen LogP contribution is -2.44. The Balaban J connectivity index is 1.30. The van der Waals surface area contributed by atoms with Crippen molar-refractivity contribution in [2.45, 2.75) is 31.4 Å². The van der Waals surface area contributed by atoms with Gasteiger partial charge in [-0.25, -0.2) is 4.39 Å². The number of carbonyl (C=O) groups excluding carboxylic acids is 2. The van der Waals surface area contributed by atoms with Crippen LogP contribution in [0.25, 0.3) is 0 Å². The van der Waals surface area contributed by atoms with Gasteiger partial charge in [0.2, 0.25) is 5.91 Å². The van der Waals surface area contributed by atoms with Crippen molar-refractivity contribution in [3.05, 3.63) is 65.5 Å². The predicted molar refractivity (Wildman–Crippen MR) is 96.7 cm³/mol. The lowest BCUT2D eigenvalue weighted by atomic mass is 9.84. The zero-order valence-corrected chi connectivity index (χ0v) is 14.8. The minimum absolute atomic E-state index is 0.0248. The minimum atomic E-state index is -0.545. The summed E-state index contributed by atoms with van der Waals surface area (Å²) < 4.78 is 19.6. The second-order valence-corrected chi connectivity index (χ2v) is 7.86. The third-order valence-corrected chi connectivity index (χ3v) is 6.30. The summed E-state index contributed by atoms with van der Waals surface area (Å²) in [6.07, 6.45) is 2.06. The standard InChI is InChI=1S/C22H20FNO3/c23-14-5-3-4-13(10-14)12-24-21(26)19-16-8-9-22(20(16)19)11-17(25)15-6-1-2-7-18(15)27-22/h1-7,10,16,19-20H,8-9,11-12H2,(H,24,26)/t16-,19+,20+,22+/m1/s1. The molecule has 2 aromatic rings. The van der Waals surface area contributed by atoms with Gasteiger partial charge in [0.15, 0.2) is 5.78 Å². The molecule has 27 heavy (non-hydrogen) atoms. The number of amides is 1. The first-order valence-corrected chi connectivity index (χ1v) is 9.41. The van der Waals surface area contributed by atoms with Crippen LogP contribution in [0.2, 0.25) is 0 Å². The second kappa shape index (κ2) is 5.91. The highest BCUT2D eigenvalue weighted by atomic mass is 19.1. The second-order valence-electron chi connectivity index (χ2n) is 7.86. The summed E-state index contributed by atoms with van der Waals surface area (Å²) in [5.41, 5.74) is 0.831. The Hall–Kier alpha value is -2.69. The fraction of sp³-hybridized carbons (Fsp3) is 0.364. The fourth-order valence-corrected chi connectivity index (χ4v) is 5.07. The average Bonchev–Trinajstić information content (AvgIpc) is 3.31. The maximum atomic E-state index is 13.3. The molecule has 2 fully saturated rings. The highest BCUT2D eigenvalue weighted by Crippen LogP contribution is 2.65. The third-order valence-electron chi connectivity index (χ3n) is 6.30. The number of para-hydroxylation sites is 1. The van der Waals surface area contributed by atoms with E-state index in [1.54, 1.807) is 18.2 Å². The van der Waals surface area contributed by atoms with Crippen LogP contribution in [0, 0.1) is 23.6 Å². The quantitative estimate of drug-likeness (QED) is 0.906. The molecule has 1 spiro atoms. The van der Waals surface area contributed by atoms with Crippen LogP contribution in [-0.2, 0) is 11.3 Å². The van der Waals surface area contributed by atoms with Crippen molar-refractivity contribution in [1.82, 2.24) is 5.32 Å². The first-order valence-electron chi connectivity index (χ1n) is 9.41. The van der Waals surface area contributed by atoms with Crippen molar-refractivity contribution in [2.75, 3.05) is 0 Å². The molecule has 0 unspecified atom stereocenters. The Morgan fingerprint density at radius 2 is 2.07 bits per heavy atom. The van der Waals surface area contributed by atoms with Gasteiger partial charge in [-0.1, -0.05) is 24.3 Å². The Kier molecular flexibility index (Phi) is 3.61. The zero-order chi connectivity index (χ0) is 18.6. The van der Waals surface area contributed by atoms with E-state index >= 15 is 0 Å². The van der Waals surface area contributed by atoms with Crippen molar-refractivity contribution in [3.63, 3.8) is 0 Å². The first kappa shape index (κ1) is 16.5. The van der Waals surface area contributed by atoms with E-state index < -0.39 is 5.60 Å². The zero-order valence-electron chi connectivity index (χ0n) is 14.8. The maximum Gasteiger partial charge on any atom is 0.224 e. The van der Waals surface area contributed by atoms with Crippen molar-refractivity contribution >= 4 is 11.7 Å². The minimum Gasteiger partial charge on any atom is -0.486 e. The molecular formula is C22H20FNO3. The van der Waals surface area contributed by atoms with Gasteiger partial charge in [0.1, 0.15) is 17.2 Å². The number of hydrogen-bond acceptors (Lipinski definition) is 3. The normalized spacial score (nSPS) is 30.4. The number of nitrogens with one attached hydrogen (secondary N) is 1. The van der Waals surface area contributed by atoms with E-state index in [4.69, 9.17) is 4.74 Å². The Morgan fingerprint density at radius 3 is 2.93 bits per heavy atom. The summed E-state index contributed by atoms with van der Waals surface area (Å²) in [4.78, 5) is 25.3. The molecule has 0 radical (unpaired) electrons. The monoisotopic (exact) mass is 365 g/mol. The van der Waals surface area contributed by atoms with Gasteiger partial charge in [0, 0.05) is 18.4 Å². The molecule has 0 bridgehead atoms. The SMILES string of the molecule is O=C1C[C@]2(CC[C@@H]3[C@H](C(=O)NCc4cccc(F)c4)[C@H]32)Oc2ccccc21. The highest BCUT2D eigenvalue weighted by molar-refractivity contribution is 6.00. The Morgan fingerprint density at radius 1 is 1.22 bits per heavy atom. The number of benzene rings is 2. The molecular weight excluding hydrogens is 345 g/mol. The average molecular weight is 365 g/mol. The fourth-order valence-electron chi connectivity index (χ4n) is 5.07. The van der Waals surface area contributed by atoms with Crippen LogP contribution in [0.3, 0.4) is 0 Å². The van der Waals surface area contributed by atoms with Gasteiger partial charge in [0.25, 0.3) is 0 Å². The molecule has 5 rings (SSSR count). The number of ketones is 1. The molecule has 1 aliphatic heterocycles. The van der Waals surface area contributed by atoms with Gasteiger partial charge in [-0.3, -0.25) is 9.59 Å². The lowest BCUT2D eigenvalue weighted by Gasteiger charge is -2.37. The predicted octanol–water partition coefficient (Wildman–Crippen LogP) is 3.50. The number of halogens is 1. The highest BCUT2D eigenvalue weighted by Gasteiger charge is 2.70. The smallest absolute Gasteiger partial charge is 0.224 e. The molecule has 5 heteroatoms. The van der Waals surface area contributed by atoms with Crippen LogP contribution >= 0.6 is 0 Å². The number of rotatable bonds is 3. The van der Waals surface area contributed by atoms with Gasteiger partial charge in [-0.2, -0.15) is 0 Å². The van der Waals surface area contributed by atoms with Crippen molar-refractivity contribution in [3.8, 4) is 5.75 Å². The van der Waals surface area contributed by atoms with Crippen LogP contribution in [0.15, 0.2) is 48.5 Å². The van der Waals surface area contributed by atoms with E-state index in [1.807, 2.05) is 18.2 Å². The summed E-state index contributed by atoms with van der Waals surface area (Å²) in [7, 11) is 0. The molecule has 4 nitrogen and oxygen atoms in total. The topological polar surface area (TPSA) is 55.4 Å². The van der Waals surface area contributed by atoms with Crippen LogP contribution in [0.5, 0.6) is 5.75 Å². The molecule has 1 heterocycles. The molecule has 1 N–H and O–H groups in total. The molecule has 2 aliphatic carbocycles. The van der Waals surface area contributed by atoms with Gasteiger partial charge in [-0.05, 0) is 48.6 Å². The Labute approximate surface area is 156 Å². The van der Waals surface area contributed by atoms with Gasteiger partial charge >= 0.3 is 0 Å². The number of carbonyl (C=O) groups is 2. The van der Waals surface area contributed by atoms with E-state index in [2.05, 4.69) is 5.32 Å². The molecule has 0 saturated heterocycles. The molecule has 1 amide bonds. The molecule has 138 valence electrons. The largest absolute Gasteiger partial charge is 0.486 e. The summed E-state index contributed by atoms with van der Waals surface area (Å²) >= 11 is 0. The number of fused-ring (bicyclic) bond motifs is 3. The van der Waals surface area contributed by atoms with Crippen LogP contribution in [0.1, 0.15) is 35.2 Å². The number of ether oxygens (including phenoxy) is 1. The summed E-state index contributed by atoms with van der Waals surface area (Å²) in [6.45, 7) is 0.308. The third kappa shape index (κ3) is 2.64. The van der Waals surface area contributed by atoms with Crippen molar-refractivity contribution in [2.24, 2.45) is 17.8 Å². The van der Waals surface area contributed by atoms with E-state index in [0.29, 0.717) is 24.3 Å². The summed E-state index contributed by atoms with van der Waals surface area (Å²) in [5, 5.41) is 2.92. The maximum absolute atomic E-state index is 13.3. The van der Waals surface area contributed by atoms with E-state index in [9.17, 15) is 14.0 Å². The van der Waals surface area contributed by atoms with Crippen molar-refractivity contribution in [1.29, 1.82) is 0 Å².